The molecular weight excluding hydrogens is 360 g/mol. The second kappa shape index (κ2) is 9.01. The molecule has 2 N–H and O–H groups in total. The van der Waals surface area contributed by atoms with E-state index >= 15 is 0 Å². The molecule has 5 heteroatoms. The Morgan fingerprint density at radius 2 is 1.37 bits per heavy atom. The average molecular weight is 379 g/mol. The molecule has 0 unspecified atom stereocenters. The van der Waals surface area contributed by atoms with Crippen molar-refractivity contribution in [3.63, 3.8) is 0 Å². The Hall–Kier alpha value is -3.11. The van der Waals surface area contributed by atoms with E-state index in [4.69, 9.17) is 11.6 Å². The standard InChI is InChI=1S/C22H19ClN2O2/c23-20-9-5-4-8-19(20)14-24-21(26)15-25-22(27)18-12-10-17(11-13-18)16-6-2-1-3-7-16/h1-13H,14-15H2,(H,24,26)(H,25,27). The van der Waals surface area contributed by atoms with Gasteiger partial charge in [-0.1, -0.05) is 72.3 Å². The molecule has 0 bridgehead atoms. The number of rotatable bonds is 6. The molecular formula is C22H19ClN2O2. The molecule has 3 aromatic carbocycles. The lowest BCUT2D eigenvalue weighted by atomic mass is 10.0. The van der Waals surface area contributed by atoms with E-state index in [-0.39, 0.29) is 18.4 Å². The van der Waals surface area contributed by atoms with Crippen molar-refractivity contribution in [2.24, 2.45) is 0 Å². The number of amides is 2. The van der Waals surface area contributed by atoms with E-state index in [1.54, 1.807) is 18.2 Å². The summed E-state index contributed by atoms with van der Waals surface area (Å²) in [6.45, 7) is 0.226. The third-order valence-corrected chi connectivity index (χ3v) is 4.47. The van der Waals surface area contributed by atoms with Gasteiger partial charge in [-0.05, 0) is 34.9 Å². The van der Waals surface area contributed by atoms with E-state index in [9.17, 15) is 9.59 Å². The second-order valence-corrected chi connectivity index (χ2v) is 6.40. The van der Waals surface area contributed by atoms with Crippen molar-refractivity contribution in [3.05, 3.63) is 95.0 Å². The third kappa shape index (κ3) is 5.19. The van der Waals surface area contributed by atoms with Crippen molar-refractivity contribution in [2.45, 2.75) is 6.54 Å². The Morgan fingerprint density at radius 1 is 0.741 bits per heavy atom. The van der Waals surface area contributed by atoms with E-state index in [1.807, 2.05) is 60.7 Å². The largest absolute Gasteiger partial charge is 0.350 e. The molecule has 0 fully saturated rings. The zero-order valence-electron chi connectivity index (χ0n) is 14.6. The van der Waals surface area contributed by atoms with Crippen LogP contribution in [0.5, 0.6) is 0 Å². The van der Waals surface area contributed by atoms with E-state index in [1.165, 1.54) is 0 Å². The number of hydrogen-bond acceptors (Lipinski definition) is 2. The summed E-state index contributed by atoms with van der Waals surface area (Å²) in [5.74, 6) is -0.563. The maximum absolute atomic E-state index is 12.2. The zero-order chi connectivity index (χ0) is 19.1. The molecule has 0 heterocycles. The van der Waals surface area contributed by atoms with Gasteiger partial charge in [-0.15, -0.1) is 0 Å². The van der Waals surface area contributed by atoms with Gasteiger partial charge in [0, 0.05) is 17.1 Å². The second-order valence-electron chi connectivity index (χ2n) is 5.99. The number of carbonyl (C=O) groups excluding carboxylic acids is 2. The minimum Gasteiger partial charge on any atom is -0.350 e. The van der Waals surface area contributed by atoms with Crippen LogP contribution in [0.1, 0.15) is 15.9 Å². The maximum Gasteiger partial charge on any atom is 0.251 e. The Bertz CT molecular complexity index is 925. The molecule has 0 radical (unpaired) electrons. The van der Waals surface area contributed by atoms with Gasteiger partial charge in [0.05, 0.1) is 6.54 Å². The van der Waals surface area contributed by atoms with Gasteiger partial charge < -0.3 is 10.6 Å². The van der Waals surface area contributed by atoms with Crippen molar-refractivity contribution in [2.75, 3.05) is 6.54 Å². The van der Waals surface area contributed by atoms with Crippen LogP contribution in [0.2, 0.25) is 5.02 Å². The van der Waals surface area contributed by atoms with Crippen molar-refractivity contribution in [1.29, 1.82) is 0 Å². The lowest BCUT2D eigenvalue weighted by molar-refractivity contribution is -0.120. The number of halogens is 1. The fraction of sp³-hybridized carbons (Fsp3) is 0.0909. The first kappa shape index (κ1) is 18.7. The highest BCUT2D eigenvalue weighted by atomic mass is 35.5. The summed E-state index contributed by atoms with van der Waals surface area (Å²) in [5.41, 5.74) is 3.46. The average Bonchev–Trinajstić information content (AvgIpc) is 2.72. The van der Waals surface area contributed by atoms with E-state index < -0.39 is 0 Å². The van der Waals surface area contributed by atoms with E-state index in [0.717, 1.165) is 16.7 Å². The summed E-state index contributed by atoms with van der Waals surface area (Å²) in [4.78, 5) is 24.1. The molecule has 0 aromatic heterocycles. The van der Waals surface area contributed by atoms with Crippen LogP contribution in [0, 0.1) is 0 Å². The van der Waals surface area contributed by atoms with Gasteiger partial charge in [-0.25, -0.2) is 0 Å². The normalized spacial score (nSPS) is 10.3. The zero-order valence-corrected chi connectivity index (χ0v) is 15.4. The molecule has 2 amide bonds. The molecule has 0 spiro atoms. The molecule has 0 saturated heterocycles. The Kier molecular flexibility index (Phi) is 6.23. The molecule has 0 saturated carbocycles. The van der Waals surface area contributed by atoms with E-state index in [2.05, 4.69) is 10.6 Å². The summed E-state index contributed by atoms with van der Waals surface area (Å²) in [5, 5.41) is 5.96. The van der Waals surface area contributed by atoms with Gasteiger partial charge in [0.25, 0.3) is 5.91 Å². The lowest BCUT2D eigenvalue weighted by Gasteiger charge is -2.09. The molecule has 136 valence electrons. The van der Waals surface area contributed by atoms with Crippen LogP contribution in [0.4, 0.5) is 0 Å². The highest BCUT2D eigenvalue weighted by molar-refractivity contribution is 6.31. The van der Waals surface area contributed by atoms with Crippen LogP contribution in [0.3, 0.4) is 0 Å². The highest BCUT2D eigenvalue weighted by Gasteiger charge is 2.09. The summed E-state index contributed by atoms with van der Waals surface area (Å²) in [6, 6.07) is 24.5. The summed E-state index contributed by atoms with van der Waals surface area (Å²) >= 11 is 6.05. The number of hydrogen-bond donors (Lipinski definition) is 2. The van der Waals surface area contributed by atoms with Crippen LogP contribution in [-0.2, 0) is 11.3 Å². The molecule has 0 aliphatic carbocycles. The molecule has 0 aliphatic heterocycles. The van der Waals surface area contributed by atoms with Crippen LogP contribution in [0.25, 0.3) is 11.1 Å². The van der Waals surface area contributed by atoms with Gasteiger partial charge in [0.1, 0.15) is 0 Å². The van der Waals surface area contributed by atoms with Crippen LogP contribution >= 0.6 is 11.6 Å². The molecule has 27 heavy (non-hydrogen) atoms. The summed E-state index contributed by atoms with van der Waals surface area (Å²) in [6.07, 6.45) is 0. The fourth-order valence-electron chi connectivity index (χ4n) is 2.61. The predicted molar refractivity (Wildman–Crippen MR) is 108 cm³/mol. The smallest absolute Gasteiger partial charge is 0.251 e. The van der Waals surface area contributed by atoms with Crippen molar-refractivity contribution in [3.8, 4) is 11.1 Å². The van der Waals surface area contributed by atoms with Gasteiger partial charge in [-0.3, -0.25) is 9.59 Å². The highest BCUT2D eigenvalue weighted by Crippen LogP contribution is 2.19. The van der Waals surface area contributed by atoms with Crippen LogP contribution in [0.15, 0.2) is 78.9 Å². The monoisotopic (exact) mass is 378 g/mol. The molecule has 3 aromatic rings. The summed E-state index contributed by atoms with van der Waals surface area (Å²) in [7, 11) is 0. The number of nitrogens with one attached hydrogen (secondary N) is 2. The lowest BCUT2D eigenvalue weighted by Crippen LogP contribution is -2.36. The predicted octanol–water partition coefficient (Wildman–Crippen LogP) is 4.05. The minimum atomic E-state index is -0.289. The Labute approximate surface area is 163 Å². The molecule has 0 aliphatic rings. The Balaban J connectivity index is 1.50. The first-order valence-corrected chi connectivity index (χ1v) is 8.95. The van der Waals surface area contributed by atoms with Crippen molar-refractivity contribution < 1.29 is 9.59 Å². The SMILES string of the molecule is O=C(CNC(=O)c1ccc(-c2ccccc2)cc1)NCc1ccccc1Cl. The van der Waals surface area contributed by atoms with Gasteiger partial charge in [0.2, 0.25) is 5.91 Å². The van der Waals surface area contributed by atoms with Gasteiger partial charge in [-0.2, -0.15) is 0 Å². The minimum absolute atomic E-state index is 0.0935. The first-order chi connectivity index (χ1) is 13.1. The topological polar surface area (TPSA) is 58.2 Å². The number of benzene rings is 3. The maximum atomic E-state index is 12.2. The molecule has 4 nitrogen and oxygen atoms in total. The van der Waals surface area contributed by atoms with E-state index in [0.29, 0.717) is 17.1 Å². The van der Waals surface area contributed by atoms with Crippen molar-refractivity contribution >= 4 is 23.4 Å². The van der Waals surface area contributed by atoms with Gasteiger partial charge >= 0.3 is 0 Å². The molecule has 0 atom stereocenters. The third-order valence-electron chi connectivity index (χ3n) is 4.10. The fourth-order valence-corrected chi connectivity index (χ4v) is 2.81. The number of carbonyl (C=O) groups is 2. The van der Waals surface area contributed by atoms with Crippen LogP contribution in [-0.4, -0.2) is 18.4 Å². The Morgan fingerprint density at radius 3 is 2.07 bits per heavy atom. The van der Waals surface area contributed by atoms with Crippen LogP contribution < -0.4 is 10.6 Å². The quantitative estimate of drug-likeness (QED) is 0.679. The summed E-state index contributed by atoms with van der Waals surface area (Å²) < 4.78 is 0. The molecule has 3 rings (SSSR count). The van der Waals surface area contributed by atoms with Gasteiger partial charge in [0.15, 0.2) is 0 Å². The first-order valence-electron chi connectivity index (χ1n) is 8.57. The van der Waals surface area contributed by atoms with Crippen molar-refractivity contribution in [1.82, 2.24) is 10.6 Å².